The summed E-state index contributed by atoms with van der Waals surface area (Å²) in [5, 5.41) is 3.33. The van der Waals surface area contributed by atoms with Crippen LogP contribution in [0.15, 0.2) is 24.3 Å². The Morgan fingerprint density at radius 1 is 1.26 bits per heavy atom. The number of carbonyl (C=O) groups excluding carboxylic acids is 1. The Kier molecular flexibility index (Phi) is 4.59. The molecule has 0 unspecified atom stereocenters. The van der Waals surface area contributed by atoms with Gasteiger partial charge in [0.1, 0.15) is 0 Å². The molecule has 1 amide bonds. The molecule has 0 atom stereocenters. The minimum absolute atomic E-state index is 0.150. The van der Waals surface area contributed by atoms with Gasteiger partial charge in [-0.25, -0.2) is 0 Å². The van der Waals surface area contributed by atoms with E-state index in [2.05, 4.69) is 5.32 Å². The van der Waals surface area contributed by atoms with E-state index in [9.17, 15) is 4.79 Å². The van der Waals surface area contributed by atoms with Crippen LogP contribution in [0.5, 0.6) is 0 Å². The van der Waals surface area contributed by atoms with Crippen LogP contribution in [0, 0.1) is 6.92 Å². The summed E-state index contributed by atoms with van der Waals surface area (Å²) in [5.41, 5.74) is 1.94. The molecule has 1 N–H and O–H groups in total. The highest BCUT2D eigenvalue weighted by Gasteiger charge is 2.26. The predicted molar refractivity (Wildman–Crippen MR) is 78.4 cm³/mol. The lowest BCUT2D eigenvalue weighted by Crippen LogP contribution is -2.42. The van der Waals surface area contributed by atoms with E-state index >= 15 is 0 Å². The van der Waals surface area contributed by atoms with E-state index in [1.54, 1.807) is 0 Å². The van der Waals surface area contributed by atoms with Crippen molar-refractivity contribution in [3.8, 4) is 0 Å². The molecule has 0 aliphatic heterocycles. The maximum absolute atomic E-state index is 12.5. The van der Waals surface area contributed by atoms with Crippen LogP contribution in [0.2, 0.25) is 0 Å². The van der Waals surface area contributed by atoms with Gasteiger partial charge in [0.25, 0.3) is 5.91 Å². The zero-order valence-electron chi connectivity index (χ0n) is 12.1. The molecule has 1 aliphatic rings. The van der Waals surface area contributed by atoms with Gasteiger partial charge in [-0.3, -0.25) is 4.79 Å². The van der Waals surface area contributed by atoms with E-state index in [1.165, 1.54) is 0 Å². The molecule has 0 saturated heterocycles. The molecule has 1 aliphatic carbocycles. The number of carbonyl (C=O) groups is 1. The average Bonchev–Trinajstić information content (AvgIpc) is 2.46. The lowest BCUT2D eigenvalue weighted by Gasteiger charge is -2.34. The molecule has 0 radical (unpaired) electrons. The van der Waals surface area contributed by atoms with Gasteiger partial charge in [-0.05, 0) is 51.8 Å². The fourth-order valence-electron chi connectivity index (χ4n) is 2.90. The van der Waals surface area contributed by atoms with Crippen LogP contribution in [0.4, 0.5) is 0 Å². The number of nitrogens with zero attached hydrogens (tertiary/aromatic N) is 1. The number of amides is 1. The van der Waals surface area contributed by atoms with Gasteiger partial charge in [0.2, 0.25) is 0 Å². The highest BCUT2D eigenvalue weighted by atomic mass is 16.2. The second kappa shape index (κ2) is 6.20. The van der Waals surface area contributed by atoms with Gasteiger partial charge in [0.15, 0.2) is 0 Å². The Labute approximate surface area is 116 Å². The van der Waals surface area contributed by atoms with Gasteiger partial charge in [-0.1, -0.05) is 17.7 Å². The van der Waals surface area contributed by atoms with E-state index in [0.717, 1.165) is 36.8 Å². The van der Waals surface area contributed by atoms with E-state index < -0.39 is 0 Å². The van der Waals surface area contributed by atoms with Crippen molar-refractivity contribution < 1.29 is 4.79 Å². The van der Waals surface area contributed by atoms with Crippen molar-refractivity contribution in [2.24, 2.45) is 0 Å². The normalized spacial score (nSPS) is 23.1. The van der Waals surface area contributed by atoms with E-state index in [1.807, 2.05) is 50.2 Å². The predicted octanol–water partition coefficient (Wildman–Crippen LogP) is 2.60. The van der Waals surface area contributed by atoms with Crippen LogP contribution in [-0.2, 0) is 0 Å². The summed E-state index contributed by atoms with van der Waals surface area (Å²) in [5.74, 6) is 0.150. The maximum atomic E-state index is 12.5. The average molecular weight is 260 g/mol. The maximum Gasteiger partial charge on any atom is 0.253 e. The summed E-state index contributed by atoms with van der Waals surface area (Å²) >= 11 is 0. The van der Waals surface area contributed by atoms with Crippen LogP contribution in [0.25, 0.3) is 0 Å². The van der Waals surface area contributed by atoms with Gasteiger partial charge >= 0.3 is 0 Å². The Balaban J connectivity index is 2.00. The van der Waals surface area contributed by atoms with Crippen LogP contribution in [0.3, 0.4) is 0 Å². The monoisotopic (exact) mass is 260 g/mol. The number of rotatable bonds is 3. The van der Waals surface area contributed by atoms with E-state index in [0.29, 0.717) is 12.1 Å². The van der Waals surface area contributed by atoms with Gasteiger partial charge in [-0.2, -0.15) is 0 Å². The SMILES string of the molecule is CNC1CCC(N(C)C(=O)c2cccc(C)c2)CC1. The van der Waals surface area contributed by atoms with Crippen molar-refractivity contribution in [1.82, 2.24) is 10.2 Å². The summed E-state index contributed by atoms with van der Waals surface area (Å²) in [6.07, 6.45) is 4.51. The number of aryl methyl sites for hydroxylation is 1. The molecule has 0 bridgehead atoms. The molecule has 1 fully saturated rings. The molecule has 19 heavy (non-hydrogen) atoms. The fourth-order valence-corrected chi connectivity index (χ4v) is 2.90. The van der Waals surface area contributed by atoms with Crippen molar-refractivity contribution >= 4 is 5.91 Å². The van der Waals surface area contributed by atoms with Gasteiger partial charge in [0.05, 0.1) is 0 Å². The molecule has 3 heteroatoms. The number of hydrogen-bond acceptors (Lipinski definition) is 2. The quantitative estimate of drug-likeness (QED) is 0.906. The van der Waals surface area contributed by atoms with Crippen LogP contribution >= 0.6 is 0 Å². The number of hydrogen-bond donors (Lipinski definition) is 1. The molecule has 3 nitrogen and oxygen atoms in total. The summed E-state index contributed by atoms with van der Waals surface area (Å²) in [7, 11) is 3.96. The minimum atomic E-state index is 0.150. The zero-order valence-corrected chi connectivity index (χ0v) is 12.1. The Hall–Kier alpha value is -1.35. The Morgan fingerprint density at radius 3 is 2.53 bits per heavy atom. The molecule has 104 valence electrons. The molecule has 1 aromatic carbocycles. The third-order valence-electron chi connectivity index (χ3n) is 4.24. The highest BCUT2D eigenvalue weighted by molar-refractivity contribution is 5.94. The third-order valence-corrected chi connectivity index (χ3v) is 4.24. The fraction of sp³-hybridized carbons (Fsp3) is 0.562. The second-order valence-electron chi connectivity index (χ2n) is 5.58. The van der Waals surface area contributed by atoms with Crippen molar-refractivity contribution in [2.45, 2.75) is 44.7 Å². The van der Waals surface area contributed by atoms with Gasteiger partial charge in [0, 0.05) is 24.7 Å². The largest absolute Gasteiger partial charge is 0.339 e. The molecule has 0 heterocycles. The number of nitrogens with one attached hydrogen (secondary N) is 1. The molecule has 1 aromatic rings. The first-order valence-electron chi connectivity index (χ1n) is 7.13. The van der Waals surface area contributed by atoms with E-state index in [-0.39, 0.29) is 5.91 Å². The molecular formula is C16H24N2O. The third kappa shape index (κ3) is 3.35. The summed E-state index contributed by atoms with van der Waals surface area (Å²) in [6.45, 7) is 2.02. The molecule has 0 spiro atoms. The number of benzene rings is 1. The lowest BCUT2D eigenvalue weighted by molar-refractivity contribution is 0.0685. The first-order chi connectivity index (χ1) is 9.11. The Bertz CT molecular complexity index is 436. The lowest BCUT2D eigenvalue weighted by atomic mass is 9.90. The van der Waals surface area contributed by atoms with Crippen LogP contribution in [0.1, 0.15) is 41.6 Å². The second-order valence-corrected chi connectivity index (χ2v) is 5.58. The van der Waals surface area contributed by atoms with Gasteiger partial charge in [-0.15, -0.1) is 0 Å². The smallest absolute Gasteiger partial charge is 0.253 e. The minimum Gasteiger partial charge on any atom is -0.339 e. The summed E-state index contributed by atoms with van der Waals surface area (Å²) < 4.78 is 0. The van der Waals surface area contributed by atoms with Crippen molar-refractivity contribution in [2.75, 3.05) is 14.1 Å². The molecule has 0 aromatic heterocycles. The summed E-state index contributed by atoms with van der Waals surface area (Å²) in [4.78, 5) is 14.4. The van der Waals surface area contributed by atoms with Crippen molar-refractivity contribution in [3.05, 3.63) is 35.4 Å². The first kappa shape index (κ1) is 14.1. The molecular weight excluding hydrogens is 236 g/mol. The Morgan fingerprint density at radius 2 is 1.95 bits per heavy atom. The highest BCUT2D eigenvalue weighted by Crippen LogP contribution is 2.23. The van der Waals surface area contributed by atoms with Crippen LogP contribution < -0.4 is 5.32 Å². The topological polar surface area (TPSA) is 32.3 Å². The molecule has 2 rings (SSSR count). The van der Waals surface area contributed by atoms with Gasteiger partial charge < -0.3 is 10.2 Å². The first-order valence-corrected chi connectivity index (χ1v) is 7.13. The zero-order chi connectivity index (χ0) is 13.8. The summed E-state index contributed by atoms with van der Waals surface area (Å²) in [6, 6.07) is 8.86. The van der Waals surface area contributed by atoms with Crippen molar-refractivity contribution in [1.29, 1.82) is 0 Å². The van der Waals surface area contributed by atoms with Crippen molar-refractivity contribution in [3.63, 3.8) is 0 Å². The molecule has 1 saturated carbocycles. The van der Waals surface area contributed by atoms with Crippen LogP contribution in [-0.4, -0.2) is 37.0 Å². The standard InChI is InChI=1S/C16H24N2O/c1-12-5-4-6-13(11-12)16(19)18(3)15-9-7-14(17-2)8-10-15/h4-6,11,14-15,17H,7-10H2,1-3H3. The van der Waals surface area contributed by atoms with E-state index in [4.69, 9.17) is 0 Å².